The van der Waals surface area contributed by atoms with Crippen molar-refractivity contribution in [1.82, 2.24) is 9.78 Å². The Hall–Kier alpha value is -3.61. The Kier molecular flexibility index (Phi) is 4.33. The Morgan fingerprint density at radius 1 is 1.19 bits per heavy atom. The van der Waals surface area contributed by atoms with Crippen molar-refractivity contribution < 1.29 is 14.3 Å². The number of nitrogens with two attached hydrogens (primary N) is 1. The average Bonchev–Trinajstić information content (AvgIpc) is 3.10. The van der Waals surface area contributed by atoms with Crippen LogP contribution in [-0.2, 0) is 9.59 Å². The van der Waals surface area contributed by atoms with Crippen LogP contribution in [0, 0.1) is 0 Å². The van der Waals surface area contributed by atoms with Crippen LogP contribution < -0.4 is 15.8 Å². The highest BCUT2D eigenvalue weighted by Crippen LogP contribution is 2.38. The number of nitrogens with zero attached hydrogens (tertiary/aromatic N) is 2. The van der Waals surface area contributed by atoms with Gasteiger partial charge in [0, 0.05) is 17.9 Å². The van der Waals surface area contributed by atoms with E-state index in [1.807, 2.05) is 42.5 Å². The highest BCUT2D eigenvalue weighted by atomic mass is 16.5. The first kappa shape index (κ1) is 16.8. The van der Waals surface area contributed by atoms with Crippen molar-refractivity contribution in [3.63, 3.8) is 0 Å². The van der Waals surface area contributed by atoms with Gasteiger partial charge in [-0.3, -0.25) is 9.59 Å². The van der Waals surface area contributed by atoms with Crippen molar-refractivity contribution in [3.05, 3.63) is 71.9 Å². The summed E-state index contributed by atoms with van der Waals surface area (Å²) >= 11 is 0. The van der Waals surface area contributed by atoms with E-state index in [1.54, 1.807) is 23.0 Å². The lowest BCUT2D eigenvalue weighted by Gasteiger charge is -2.24. The molecule has 3 N–H and O–H groups in total. The van der Waals surface area contributed by atoms with Gasteiger partial charge in [0.05, 0.1) is 11.9 Å². The van der Waals surface area contributed by atoms with Crippen LogP contribution in [-0.4, -0.2) is 28.2 Å². The Labute approximate surface area is 155 Å². The van der Waals surface area contributed by atoms with Crippen LogP contribution in [0.15, 0.2) is 60.8 Å². The normalized spacial score (nSPS) is 15.7. The summed E-state index contributed by atoms with van der Waals surface area (Å²) < 4.78 is 7.03. The number of ether oxygens (including phenoxy) is 1. The molecule has 7 heteroatoms. The summed E-state index contributed by atoms with van der Waals surface area (Å²) in [6.07, 6.45) is 2.14. The topological polar surface area (TPSA) is 99.2 Å². The number of primary amides is 1. The molecule has 7 nitrogen and oxygen atoms in total. The van der Waals surface area contributed by atoms with Gasteiger partial charge in [-0.05, 0) is 29.8 Å². The number of rotatable bonds is 5. The van der Waals surface area contributed by atoms with Gasteiger partial charge in [0.2, 0.25) is 5.91 Å². The van der Waals surface area contributed by atoms with Gasteiger partial charge in [-0.25, -0.2) is 4.68 Å². The lowest BCUT2D eigenvalue weighted by molar-refractivity contribution is -0.120. The summed E-state index contributed by atoms with van der Waals surface area (Å²) in [5.41, 5.74) is 7.91. The molecule has 1 aliphatic heterocycles. The van der Waals surface area contributed by atoms with Crippen molar-refractivity contribution in [2.45, 2.75) is 12.3 Å². The lowest BCUT2D eigenvalue weighted by atomic mass is 9.87. The van der Waals surface area contributed by atoms with Crippen LogP contribution in [0.3, 0.4) is 0 Å². The minimum absolute atomic E-state index is 0.0563. The first-order valence-corrected chi connectivity index (χ1v) is 8.56. The maximum absolute atomic E-state index is 12.3. The van der Waals surface area contributed by atoms with E-state index in [4.69, 9.17) is 10.5 Å². The first-order chi connectivity index (χ1) is 13.1. The molecule has 1 aliphatic rings. The number of anilines is 1. The number of aromatic nitrogens is 2. The van der Waals surface area contributed by atoms with Crippen molar-refractivity contribution in [3.8, 4) is 11.4 Å². The molecule has 4 rings (SSSR count). The first-order valence-electron chi connectivity index (χ1n) is 8.56. The molecule has 1 aromatic heterocycles. The molecule has 2 heterocycles. The molecule has 1 atom stereocenters. The summed E-state index contributed by atoms with van der Waals surface area (Å²) in [4.78, 5) is 23.1. The fourth-order valence-corrected chi connectivity index (χ4v) is 3.23. The molecule has 2 aromatic carbocycles. The minimum atomic E-state index is -0.527. The van der Waals surface area contributed by atoms with Gasteiger partial charge in [0.25, 0.3) is 5.91 Å². The third-order valence-corrected chi connectivity index (χ3v) is 4.48. The SMILES string of the molecule is NC(=O)COc1ccc([C@H]2CC(=O)Nc3c2cnn3-c2ccccc2)cc1. The highest BCUT2D eigenvalue weighted by molar-refractivity contribution is 5.94. The van der Waals surface area contributed by atoms with Crippen LogP contribution >= 0.6 is 0 Å². The van der Waals surface area contributed by atoms with Gasteiger partial charge in [0.1, 0.15) is 11.6 Å². The maximum Gasteiger partial charge on any atom is 0.255 e. The van der Waals surface area contributed by atoms with Crippen LogP contribution in [0.25, 0.3) is 5.69 Å². The van der Waals surface area contributed by atoms with Crippen LogP contribution in [0.1, 0.15) is 23.5 Å². The summed E-state index contributed by atoms with van der Waals surface area (Å²) in [6, 6.07) is 17.0. The van der Waals surface area contributed by atoms with Gasteiger partial charge in [-0.1, -0.05) is 30.3 Å². The smallest absolute Gasteiger partial charge is 0.255 e. The fourth-order valence-electron chi connectivity index (χ4n) is 3.23. The second kappa shape index (κ2) is 6.95. The molecule has 2 amide bonds. The number of amides is 2. The summed E-state index contributed by atoms with van der Waals surface area (Å²) in [5.74, 6) is 0.561. The lowest BCUT2D eigenvalue weighted by Crippen LogP contribution is -2.24. The van der Waals surface area contributed by atoms with Crippen molar-refractivity contribution in [2.24, 2.45) is 5.73 Å². The molecule has 0 spiro atoms. The Morgan fingerprint density at radius 3 is 2.63 bits per heavy atom. The molecule has 27 heavy (non-hydrogen) atoms. The third-order valence-electron chi connectivity index (χ3n) is 4.48. The molecular formula is C20H18N4O3. The van der Waals surface area contributed by atoms with E-state index in [1.165, 1.54) is 0 Å². The number of fused-ring (bicyclic) bond motifs is 1. The number of carbonyl (C=O) groups is 2. The molecule has 0 fully saturated rings. The van der Waals surface area contributed by atoms with Crippen molar-refractivity contribution in [1.29, 1.82) is 0 Å². The van der Waals surface area contributed by atoms with E-state index < -0.39 is 5.91 Å². The number of para-hydroxylation sites is 1. The molecule has 3 aromatic rings. The van der Waals surface area contributed by atoms with Gasteiger partial charge in [0.15, 0.2) is 6.61 Å². The fraction of sp³-hybridized carbons (Fsp3) is 0.150. The summed E-state index contributed by atoms with van der Waals surface area (Å²) in [5, 5.41) is 7.41. The second-order valence-corrected chi connectivity index (χ2v) is 6.32. The van der Waals surface area contributed by atoms with E-state index in [0.717, 1.165) is 16.8 Å². The van der Waals surface area contributed by atoms with E-state index in [2.05, 4.69) is 10.4 Å². The molecule has 0 bridgehead atoms. The number of carbonyl (C=O) groups excluding carboxylic acids is 2. The number of nitrogens with one attached hydrogen (secondary N) is 1. The Morgan fingerprint density at radius 2 is 1.93 bits per heavy atom. The zero-order valence-electron chi connectivity index (χ0n) is 14.5. The quantitative estimate of drug-likeness (QED) is 0.727. The minimum Gasteiger partial charge on any atom is -0.484 e. The molecule has 0 saturated heterocycles. The van der Waals surface area contributed by atoms with Crippen molar-refractivity contribution >= 4 is 17.6 Å². The number of hydrogen-bond acceptors (Lipinski definition) is 4. The number of benzene rings is 2. The van der Waals surface area contributed by atoms with E-state index in [9.17, 15) is 9.59 Å². The predicted octanol–water partition coefficient (Wildman–Crippen LogP) is 2.21. The molecule has 0 aliphatic carbocycles. The van der Waals surface area contributed by atoms with E-state index in [0.29, 0.717) is 18.0 Å². The Bertz CT molecular complexity index is 980. The van der Waals surface area contributed by atoms with Gasteiger partial charge >= 0.3 is 0 Å². The van der Waals surface area contributed by atoms with Gasteiger partial charge in [-0.2, -0.15) is 5.10 Å². The standard InChI is InChI=1S/C20H18N4O3/c21-18(25)12-27-15-8-6-13(7-9-15)16-10-19(26)23-20-17(16)11-22-24(20)14-4-2-1-3-5-14/h1-9,11,16H,10,12H2,(H2,21,25)(H,23,26)/t16-/m1/s1. The summed E-state index contributed by atoms with van der Waals surface area (Å²) in [7, 11) is 0. The van der Waals surface area contributed by atoms with Gasteiger partial charge < -0.3 is 15.8 Å². The summed E-state index contributed by atoms with van der Waals surface area (Å²) in [6.45, 7) is -0.167. The van der Waals surface area contributed by atoms with E-state index >= 15 is 0 Å². The van der Waals surface area contributed by atoms with Crippen LogP contribution in [0.2, 0.25) is 0 Å². The molecular weight excluding hydrogens is 344 g/mol. The zero-order chi connectivity index (χ0) is 18.8. The highest BCUT2D eigenvalue weighted by Gasteiger charge is 2.30. The third kappa shape index (κ3) is 3.39. The van der Waals surface area contributed by atoms with E-state index in [-0.39, 0.29) is 18.4 Å². The van der Waals surface area contributed by atoms with Gasteiger partial charge in [-0.15, -0.1) is 0 Å². The van der Waals surface area contributed by atoms with Crippen molar-refractivity contribution in [2.75, 3.05) is 11.9 Å². The molecule has 0 saturated carbocycles. The zero-order valence-corrected chi connectivity index (χ0v) is 14.5. The predicted molar refractivity (Wildman–Crippen MR) is 99.8 cm³/mol. The molecule has 136 valence electrons. The number of hydrogen-bond donors (Lipinski definition) is 2. The maximum atomic E-state index is 12.3. The monoisotopic (exact) mass is 362 g/mol. The average molecular weight is 362 g/mol. The van der Waals surface area contributed by atoms with Crippen LogP contribution in [0.5, 0.6) is 5.75 Å². The Balaban J connectivity index is 1.65. The molecule has 0 radical (unpaired) electrons. The largest absolute Gasteiger partial charge is 0.484 e. The van der Waals surface area contributed by atoms with Crippen LogP contribution in [0.4, 0.5) is 5.82 Å². The second-order valence-electron chi connectivity index (χ2n) is 6.32. The molecule has 0 unspecified atom stereocenters.